The molecule has 1 saturated heterocycles. The van der Waals surface area contributed by atoms with Crippen molar-refractivity contribution in [1.82, 2.24) is 0 Å². The number of ether oxygens (including phenoxy) is 1. The molecule has 1 heterocycles. The van der Waals surface area contributed by atoms with Gasteiger partial charge in [-0.2, -0.15) is 0 Å². The van der Waals surface area contributed by atoms with Crippen molar-refractivity contribution in [1.29, 1.82) is 0 Å². The van der Waals surface area contributed by atoms with E-state index in [1.54, 1.807) is 0 Å². The molecule has 1 aliphatic rings. The largest absolute Gasteiger partial charge is 0.398 e. The van der Waals surface area contributed by atoms with Crippen molar-refractivity contribution < 1.29 is 4.74 Å². The third-order valence-corrected chi connectivity index (χ3v) is 4.07. The molecule has 0 radical (unpaired) electrons. The average Bonchev–Trinajstić information content (AvgIpc) is 2.73. The molecule has 0 amide bonds. The van der Waals surface area contributed by atoms with Crippen LogP contribution in [0.5, 0.6) is 0 Å². The number of hydrogen-bond acceptors (Lipinski definition) is 3. The Hall–Kier alpha value is -0.670. The van der Waals surface area contributed by atoms with E-state index in [1.807, 2.05) is 23.9 Å². The minimum Gasteiger partial charge on any atom is -0.398 e. The average molecular weight is 223 g/mol. The van der Waals surface area contributed by atoms with E-state index in [4.69, 9.17) is 10.5 Å². The summed E-state index contributed by atoms with van der Waals surface area (Å²) in [6.45, 7) is 3.01. The fraction of sp³-hybridized carbons (Fsp3) is 0.500. The van der Waals surface area contributed by atoms with Gasteiger partial charge in [0.1, 0.15) is 0 Å². The maximum atomic E-state index is 5.86. The van der Waals surface area contributed by atoms with Gasteiger partial charge in [-0.15, -0.1) is 11.8 Å². The fourth-order valence-electron chi connectivity index (χ4n) is 1.75. The Bertz CT molecular complexity index is 334. The second-order valence-corrected chi connectivity index (χ2v) is 4.98. The molecule has 15 heavy (non-hydrogen) atoms. The summed E-state index contributed by atoms with van der Waals surface area (Å²) < 4.78 is 5.59. The normalized spacial score (nSPS) is 20.7. The quantitative estimate of drug-likeness (QED) is 0.632. The van der Waals surface area contributed by atoms with E-state index in [2.05, 4.69) is 13.0 Å². The monoisotopic (exact) mass is 223 g/mol. The van der Waals surface area contributed by atoms with E-state index in [0.717, 1.165) is 18.0 Å². The van der Waals surface area contributed by atoms with Gasteiger partial charge < -0.3 is 10.5 Å². The lowest BCUT2D eigenvalue weighted by Crippen LogP contribution is -2.07. The molecular formula is C12H17NOS. The van der Waals surface area contributed by atoms with E-state index in [1.165, 1.54) is 23.3 Å². The highest BCUT2D eigenvalue weighted by atomic mass is 32.2. The molecule has 2 rings (SSSR count). The summed E-state index contributed by atoms with van der Waals surface area (Å²) in [7, 11) is 0. The number of anilines is 1. The lowest BCUT2D eigenvalue weighted by Gasteiger charge is -2.11. The zero-order chi connectivity index (χ0) is 10.7. The van der Waals surface area contributed by atoms with Gasteiger partial charge in [0.25, 0.3) is 0 Å². The second-order valence-electron chi connectivity index (χ2n) is 3.92. The van der Waals surface area contributed by atoms with Crippen LogP contribution >= 0.6 is 11.8 Å². The Kier molecular flexibility index (Phi) is 3.54. The van der Waals surface area contributed by atoms with Crippen LogP contribution in [0, 0.1) is 6.92 Å². The first-order chi connectivity index (χ1) is 7.27. The summed E-state index contributed by atoms with van der Waals surface area (Å²) in [5, 5.41) is 0. The van der Waals surface area contributed by atoms with Crippen LogP contribution in [0.2, 0.25) is 0 Å². The van der Waals surface area contributed by atoms with Crippen LogP contribution in [0.25, 0.3) is 0 Å². The Morgan fingerprint density at radius 3 is 3.13 bits per heavy atom. The van der Waals surface area contributed by atoms with Gasteiger partial charge in [-0.3, -0.25) is 0 Å². The number of rotatable bonds is 3. The van der Waals surface area contributed by atoms with Crippen molar-refractivity contribution in [3.8, 4) is 0 Å². The van der Waals surface area contributed by atoms with Crippen LogP contribution in [-0.4, -0.2) is 18.5 Å². The number of hydrogen-bond donors (Lipinski definition) is 1. The number of benzene rings is 1. The van der Waals surface area contributed by atoms with Gasteiger partial charge in [-0.25, -0.2) is 0 Å². The van der Waals surface area contributed by atoms with Gasteiger partial charge in [-0.1, -0.05) is 6.07 Å². The highest BCUT2D eigenvalue weighted by molar-refractivity contribution is 7.99. The summed E-state index contributed by atoms with van der Waals surface area (Å²) in [4.78, 5) is 1.28. The van der Waals surface area contributed by atoms with Gasteiger partial charge in [0.2, 0.25) is 0 Å². The molecule has 1 atom stereocenters. The van der Waals surface area contributed by atoms with E-state index >= 15 is 0 Å². The highest BCUT2D eigenvalue weighted by Crippen LogP contribution is 2.28. The Balaban J connectivity index is 1.95. The summed E-state index contributed by atoms with van der Waals surface area (Å²) in [5.41, 5.74) is 7.94. The van der Waals surface area contributed by atoms with Crippen molar-refractivity contribution >= 4 is 17.4 Å². The zero-order valence-corrected chi connectivity index (χ0v) is 9.85. The Morgan fingerprint density at radius 1 is 1.53 bits per heavy atom. The molecule has 3 heteroatoms. The zero-order valence-electron chi connectivity index (χ0n) is 9.03. The SMILES string of the molecule is Cc1c(N)cccc1SCC1CCCO1. The number of nitrogens with two attached hydrogens (primary N) is 1. The molecule has 2 nitrogen and oxygen atoms in total. The summed E-state index contributed by atoms with van der Waals surface area (Å²) >= 11 is 1.85. The molecule has 82 valence electrons. The molecule has 0 spiro atoms. The molecular weight excluding hydrogens is 206 g/mol. The Morgan fingerprint density at radius 2 is 2.40 bits per heavy atom. The van der Waals surface area contributed by atoms with Crippen molar-refractivity contribution in [2.24, 2.45) is 0 Å². The van der Waals surface area contributed by atoms with Crippen LogP contribution in [0.4, 0.5) is 5.69 Å². The van der Waals surface area contributed by atoms with Crippen molar-refractivity contribution in [2.45, 2.75) is 30.8 Å². The van der Waals surface area contributed by atoms with Gasteiger partial charge in [-0.05, 0) is 37.5 Å². The van der Waals surface area contributed by atoms with E-state index in [9.17, 15) is 0 Å². The maximum Gasteiger partial charge on any atom is 0.0669 e. The summed E-state index contributed by atoms with van der Waals surface area (Å²) in [5.74, 6) is 1.05. The maximum absolute atomic E-state index is 5.86. The van der Waals surface area contributed by atoms with Crippen molar-refractivity contribution in [2.75, 3.05) is 18.1 Å². The van der Waals surface area contributed by atoms with Gasteiger partial charge in [0.05, 0.1) is 6.10 Å². The van der Waals surface area contributed by atoms with E-state index in [0.29, 0.717) is 6.10 Å². The predicted octanol–water partition coefficient (Wildman–Crippen LogP) is 2.85. The minimum atomic E-state index is 0.441. The molecule has 0 aromatic heterocycles. The first kappa shape index (κ1) is 10.8. The summed E-state index contributed by atoms with van der Waals surface area (Å²) in [6.07, 6.45) is 2.85. The second kappa shape index (κ2) is 4.90. The molecule has 1 aromatic carbocycles. The van der Waals surface area contributed by atoms with Gasteiger partial charge in [0.15, 0.2) is 0 Å². The first-order valence-electron chi connectivity index (χ1n) is 5.37. The lowest BCUT2D eigenvalue weighted by atomic mass is 10.2. The van der Waals surface area contributed by atoms with Crippen LogP contribution < -0.4 is 5.73 Å². The molecule has 0 bridgehead atoms. The lowest BCUT2D eigenvalue weighted by molar-refractivity contribution is 0.129. The Labute approximate surface area is 95.2 Å². The topological polar surface area (TPSA) is 35.2 Å². The van der Waals surface area contributed by atoms with Crippen molar-refractivity contribution in [3.63, 3.8) is 0 Å². The smallest absolute Gasteiger partial charge is 0.0669 e. The predicted molar refractivity (Wildman–Crippen MR) is 65.3 cm³/mol. The van der Waals surface area contributed by atoms with Crippen LogP contribution in [0.15, 0.2) is 23.1 Å². The van der Waals surface area contributed by atoms with E-state index < -0.39 is 0 Å². The third kappa shape index (κ3) is 2.67. The summed E-state index contributed by atoms with van der Waals surface area (Å²) in [6, 6.07) is 6.09. The minimum absolute atomic E-state index is 0.441. The van der Waals surface area contributed by atoms with Crippen LogP contribution in [-0.2, 0) is 4.74 Å². The highest BCUT2D eigenvalue weighted by Gasteiger charge is 2.15. The molecule has 1 fully saturated rings. The third-order valence-electron chi connectivity index (χ3n) is 2.77. The van der Waals surface area contributed by atoms with Gasteiger partial charge >= 0.3 is 0 Å². The van der Waals surface area contributed by atoms with Crippen LogP contribution in [0.3, 0.4) is 0 Å². The van der Waals surface area contributed by atoms with Gasteiger partial charge in [0, 0.05) is 22.9 Å². The molecule has 1 unspecified atom stereocenters. The first-order valence-corrected chi connectivity index (χ1v) is 6.35. The van der Waals surface area contributed by atoms with E-state index in [-0.39, 0.29) is 0 Å². The number of nitrogen functional groups attached to an aromatic ring is 1. The standard InChI is InChI=1S/C12H17NOS/c1-9-11(13)5-2-6-12(9)15-8-10-4-3-7-14-10/h2,5-6,10H,3-4,7-8,13H2,1H3. The molecule has 0 saturated carbocycles. The number of thioether (sulfide) groups is 1. The molecule has 0 aliphatic carbocycles. The molecule has 2 N–H and O–H groups in total. The molecule has 1 aliphatic heterocycles. The fourth-order valence-corrected chi connectivity index (χ4v) is 2.88. The van der Waals surface area contributed by atoms with Crippen LogP contribution in [0.1, 0.15) is 18.4 Å². The van der Waals surface area contributed by atoms with Crippen molar-refractivity contribution in [3.05, 3.63) is 23.8 Å². The molecule has 1 aromatic rings.